The standard InChI is InChI=1S/C12H15NOS.C2H6O/c1-12-5-6-15-11(12)13(2)10-4-3-8(14)7-9(10)12;1-3-2/h3-4,7,11,14H,5-6H2,1-2H3;1-2H3. The number of hydrogen-bond acceptors (Lipinski definition) is 4. The molecule has 0 aliphatic carbocycles. The minimum atomic E-state index is 0.230. The van der Waals surface area contributed by atoms with E-state index in [9.17, 15) is 5.11 Å². The quantitative estimate of drug-likeness (QED) is 0.783. The maximum atomic E-state index is 9.59. The summed E-state index contributed by atoms with van der Waals surface area (Å²) in [6.45, 7) is 2.32. The first-order valence-electron chi connectivity index (χ1n) is 6.12. The van der Waals surface area contributed by atoms with E-state index in [1.807, 2.05) is 23.9 Å². The van der Waals surface area contributed by atoms with Crippen LogP contribution in [0, 0.1) is 0 Å². The lowest BCUT2D eigenvalue weighted by Crippen LogP contribution is -2.34. The highest BCUT2D eigenvalue weighted by atomic mass is 32.2. The molecule has 100 valence electrons. The molecule has 4 heteroatoms. The van der Waals surface area contributed by atoms with Gasteiger partial charge in [-0.1, -0.05) is 6.92 Å². The van der Waals surface area contributed by atoms with Gasteiger partial charge in [0, 0.05) is 32.4 Å². The normalized spacial score (nSPS) is 28.4. The Bertz CT molecular complexity index is 438. The van der Waals surface area contributed by atoms with Gasteiger partial charge in [0.25, 0.3) is 0 Å². The van der Waals surface area contributed by atoms with E-state index in [1.54, 1.807) is 20.3 Å². The summed E-state index contributed by atoms with van der Waals surface area (Å²) in [5.41, 5.74) is 2.83. The summed E-state index contributed by atoms with van der Waals surface area (Å²) in [4.78, 5) is 2.35. The molecule has 1 aromatic carbocycles. The van der Waals surface area contributed by atoms with E-state index in [2.05, 4.69) is 23.6 Å². The van der Waals surface area contributed by atoms with Gasteiger partial charge in [-0.05, 0) is 35.9 Å². The third-order valence-electron chi connectivity index (χ3n) is 3.77. The van der Waals surface area contributed by atoms with Crippen LogP contribution in [0.25, 0.3) is 0 Å². The average molecular weight is 267 g/mol. The van der Waals surface area contributed by atoms with Gasteiger partial charge in [-0.2, -0.15) is 0 Å². The van der Waals surface area contributed by atoms with Crippen molar-refractivity contribution in [3.8, 4) is 5.75 Å². The number of rotatable bonds is 0. The van der Waals surface area contributed by atoms with Gasteiger partial charge >= 0.3 is 0 Å². The Morgan fingerprint density at radius 1 is 1.44 bits per heavy atom. The van der Waals surface area contributed by atoms with Crippen LogP contribution in [0.4, 0.5) is 5.69 Å². The Morgan fingerprint density at radius 3 is 2.78 bits per heavy atom. The lowest BCUT2D eigenvalue weighted by Gasteiger charge is -2.27. The smallest absolute Gasteiger partial charge is 0.116 e. The van der Waals surface area contributed by atoms with Crippen molar-refractivity contribution in [1.29, 1.82) is 0 Å². The third kappa shape index (κ3) is 1.97. The molecule has 1 fully saturated rings. The largest absolute Gasteiger partial charge is 0.508 e. The molecule has 2 heterocycles. The maximum absolute atomic E-state index is 9.59. The highest BCUT2D eigenvalue weighted by Gasteiger charge is 2.49. The predicted octanol–water partition coefficient (Wildman–Crippen LogP) is 2.83. The maximum Gasteiger partial charge on any atom is 0.116 e. The van der Waals surface area contributed by atoms with Crippen LogP contribution >= 0.6 is 11.8 Å². The van der Waals surface area contributed by atoms with Gasteiger partial charge < -0.3 is 14.7 Å². The van der Waals surface area contributed by atoms with Gasteiger partial charge in [-0.25, -0.2) is 0 Å². The van der Waals surface area contributed by atoms with Crippen molar-refractivity contribution in [2.45, 2.75) is 24.1 Å². The van der Waals surface area contributed by atoms with E-state index in [1.165, 1.54) is 23.4 Å². The summed E-state index contributed by atoms with van der Waals surface area (Å²) >= 11 is 2.03. The molecule has 0 aromatic heterocycles. The summed E-state index contributed by atoms with van der Waals surface area (Å²) in [5.74, 6) is 1.61. The van der Waals surface area contributed by atoms with Crippen LogP contribution in [0.3, 0.4) is 0 Å². The summed E-state index contributed by atoms with van der Waals surface area (Å²) in [5, 5.41) is 10.1. The molecule has 2 aliphatic heterocycles. The van der Waals surface area contributed by atoms with Crippen LogP contribution < -0.4 is 4.90 Å². The second-order valence-electron chi connectivity index (χ2n) is 5.11. The van der Waals surface area contributed by atoms with Crippen LogP contribution in [0.1, 0.15) is 18.9 Å². The second kappa shape index (κ2) is 5.02. The first-order chi connectivity index (χ1) is 8.54. The number of fused-ring (bicyclic) bond motifs is 3. The van der Waals surface area contributed by atoms with Crippen LogP contribution in [0.5, 0.6) is 5.75 Å². The SMILES string of the molecule is CN1c2ccc(O)cc2C2(C)CCSC12.COC. The number of likely N-dealkylation sites (N-methyl/N-ethyl adjacent to an activating group) is 1. The topological polar surface area (TPSA) is 32.7 Å². The van der Waals surface area contributed by atoms with E-state index in [0.29, 0.717) is 11.1 Å². The number of thioether (sulfide) groups is 1. The van der Waals surface area contributed by atoms with E-state index in [0.717, 1.165) is 0 Å². The molecule has 2 aliphatic rings. The molecule has 1 N–H and O–H groups in total. The lowest BCUT2D eigenvalue weighted by molar-refractivity contribution is 0.277. The molecule has 1 saturated heterocycles. The summed E-state index contributed by atoms with van der Waals surface area (Å²) in [6, 6.07) is 5.76. The van der Waals surface area contributed by atoms with Crippen molar-refractivity contribution in [3.63, 3.8) is 0 Å². The Hall–Kier alpha value is -0.870. The van der Waals surface area contributed by atoms with E-state index < -0.39 is 0 Å². The molecule has 0 saturated carbocycles. The van der Waals surface area contributed by atoms with Gasteiger partial charge in [0.05, 0.1) is 5.37 Å². The molecule has 0 radical (unpaired) electrons. The van der Waals surface area contributed by atoms with E-state index >= 15 is 0 Å². The lowest BCUT2D eigenvalue weighted by atomic mass is 9.82. The summed E-state index contributed by atoms with van der Waals surface area (Å²) < 4.78 is 4.25. The van der Waals surface area contributed by atoms with Crippen molar-refractivity contribution in [2.75, 3.05) is 31.9 Å². The van der Waals surface area contributed by atoms with Gasteiger partial charge in [-0.15, -0.1) is 11.8 Å². The number of methoxy groups -OCH3 is 1. The number of nitrogens with zero attached hydrogens (tertiary/aromatic N) is 1. The number of ether oxygens (including phenoxy) is 1. The minimum absolute atomic E-state index is 0.230. The Kier molecular flexibility index (Phi) is 3.78. The molecular formula is C14H21NO2S. The zero-order valence-electron chi connectivity index (χ0n) is 11.4. The van der Waals surface area contributed by atoms with Crippen molar-refractivity contribution in [1.82, 2.24) is 0 Å². The molecule has 0 spiro atoms. The number of benzene rings is 1. The van der Waals surface area contributed by atoms with Crippen LogP contribution in [0.2, 0.25) is 0 Å². The van der Waals surface area contributed by atoms with Gasteiger partial charge in [0.15, 0.2) is 0 Å². The first kappa shape index (κ1) is 13.6. The van der Waals surface area contributed by atoms with Crippen molar-refractivity contribution in [3.05, 3.63) is 23.8 Å². The zero-order valence-corrected chi connectivity index (χ0v) is 12.3. The third-order valence-corrected chi connectivity index (χ3v) is 5.36. The Labute approximate surface area is 113 Å². The molecule has 2 atom stereocenters. The monoisotopic (exact) mass is 267 g/mol. The molecule has 18 heavy (non-hydrogen) atoms. The number of phenols is 1. The van der Waals surface area contributed by atoms with Crippen LogP contribution in [-0.4, -0.2) is 37.5 Å². The van der Waals surface area contributed by atoms with Crippen molar-refractivity contribution >= 4 is 17.4 Å². The van der Waals surface area contributed by atoms with E-state index in [-0.39, 0.29) is 5.41 Å². The molecular weight excluding hydrogens is 246 g/mol. The fraction of sp³-hybridized carbons (Fsp3) is 0.571. The van der Waals surface area contributed by atoms with Crippen molar-refractivity contribution < 1.29 is 9.84 Å². The minimum Gasteiger partial charge on any atom is -0.508 e. The van der Waals surface area contributed by atoms with Crippen LogP contribution in [-0.2, 0) is 10.2 Å². The second-order valence-corrected chi connectivity index (χ2v) is 6.30. The Morgan fingerprint density at radius 2 is 2.11 bits per heavy atom. The van der Waals surface area contributed by atoms with Crippen molar-refractivity contribution in [2.24, 2.45) is 0 Å². The first-order valence-corrected chi connectivity index (χ1v) is 7.17. The highest BCUT2D eigenvalue weighted by molar-refractivity contribution is 8.00. The average Bonchev–Trinajstić information content (AvgIpc) is 2.79. The number of aromatic hydroxyl groups is 1. The number of hydrogen-bond donors (Lipinski definition) is 1. The van der Waals surface area contributed by atoms with Crippen LogP contribution in [0.15, 0.2) is 18.2 Å². The highest BCUT2D eigenvalue weighted by Crippen LogP contribution is 2.55. The molecule has 3 rings (SSSR count). The van der Waals surface area contributed by atoms with Gasteiger partial charge in [0.1, 0.15) is 5.75 Å². The fourth-order valence-corrected chi connectivity index (χ4v) is 4.63. The van der Waals surface area contributed by atoms with Gasteiger partial charge in [-0.3, -0.25) is 0 Å². The number of anilines is 1. The van der Waals surface area contributed by atoms with Gasteiger partial charge in [0.2, 0.25) is 0 Å². The fourth-order valence-electron chi connectivity index (χ4n) is 2.91. The predicted molar refractivity (Wildman–Crippen MR) is 77.7 cm³/mol. The molecule has 3 nitrogen and oxygen atoms in total. The number of phenolic OH excluding ortho intramolecular Hbond substituents is 1. The molecule has 1 aromatic rings. The summed E-state index contributed by atoms with van der Waals surface area (Å²) in [6.07, 6.45) is 1.21. The zero-order chi connectivity index (χ0) is 13.3. The molecule has 2 unspecified atom stereocenters. The summed E-state index contributed by atoms with van der Waals surface area (Å²) in [7, 11) is 5.41. The Balaban J connectivity index is 0.000000367. The van der Waals surface area contributed by atoms with E-state index in [4.69, 9.17) is 0 Å². The molecule has 0 bridgehead atoms. The molecule has 0 amide bonds.